The van der Waals surface area contributed by atoms with Crippen LogP contribution in [0.4, 0.5) is 10.1 Å². The number of halogens is 2. The Bertz CT molecular complexity index is 956. The standard InChI is InChI=1S/C23H29ClFN3O3/c24-18-14-17(21-16(20(18)26)2-1-9-27-21)19(29)3-4-22(25)5-10-28(11-6-22)15-23(30)7-12-31-13-8-23/h1-2,9,14,30H,3-8,10-13,15,26H2. The van der Waals surface area contributed by atoms with E-state index < -0.39 is 11.3 Å². The van der Waals surface area contributed by atoms with Gasteiger partial charge in [0.05, 0.1) is 21.8 Å². The molecule has 2 aliphatic rings. The van der Waals surface area contributed by atoms with E-state index in [0.717, 1.165) is 0 Å². The number of hydrogen-bond acceptors (Lipinski definition) is 6. The maximum absolute atomic E-state index is 15.4. The van der Waals surface area contributed by atoms with Crippen molar-refractivity contribution in [1.82, 2.24) is 9.88 Å². The number of ketones is 1. The van der Waals surface area contributed by atoms with Gasteiger partial charge in [0.25, 0.3) is 0 Å². The number of alkyl halides is 1. The highest BCUT2D eigenvalue weighted by molar-refractivity contribution is 6.35. The summed E-state index contributed by atoms with van der Waals surface area (Å²) in [5, 5.41) is 11.6. The second-order valence-electron chi connectivity index (χ2n) is 8.91. The number of rotatable bonds is 6. The van der Waals surface area contributed by atoms with Crippen molar-refractivity contribution < 1.29 is 19.0 Å². The van der Waals surface area contributed by atoms with E-state index in [4.69, 9.17) is 22.1 Å². The molecule has 0 radical (unpaired) electrons. The van der Waals surface area contributed by atoms with Gasteiger partial charge in [0, 0.05) is 69.3 Å². The van der Waals surface area contributed by atoms with Crippen molar-refractivity contribution in [2.24, 2.45) is 0 Å². The molecule has 2 aliphatic heterocycles. The summed E-state index contributed by atoms with van der Waals surface area (Å²) in [7, 11) is 0. The Labute approximate surface area is 186 Å². The molecule has 2 fully saturated rings. The minimum atomic E-state index is -1.38. The number of Topliss-reactive ketones (excluding diaryl/α,β-unsaturated/α-hetero) is 1. The van der Waals surface area contributed by atoms with Gasteiger partial charge >= 0.3 is 0 Å². The fourth-order valence-electron chi connectivity index (χ4n) is 4.61. The molecule has 2 saturated heterocycles. The van der Waals surface area contributed by atoms with Crippen LogP contribution in [0.2, 0.25) is 5.02 Å². The van der Waals surface area contributed by atoms with Crippen LogP contribution in [0.1, 0.15) is 48.9 Å². The lowest BCUT2D eigenvalue weighted by Crippen LogP contribution is -2.51. The van der Waals surface area contributed by atoms with E-state index in [1.165, 1.54) is 6.07 Å². The smallest absolute Gasteiger partial charge is 0.165 e. The summed E-state index contributed by atoms with van der Waals surface area (Å²) in [5.41, 5.74) is 5.17. The normalized spacial score (nSPS) is 21.3. The molecular formula is C23H29ClFN3O3. The number of pyridine rings is 1. The number of nitrogens with two attached hydrogens (primary N) is 1. The highest BCUT2D eigenvalue weighted by Gasteiger charge is 2.38. The molecule has 0 bridgehead atoms. The molecule has 0 spiro atoms. The summed E-state index contributed by atoms with van der Waals surface area (Å²) in [6.07, 6.45) is 3.79. The van der Waals surface area contributed by atoms with Gasteiger partial charge in [-0.05, 0) is 37.5 Å². The van der Waals surface area contributed by atoms with Crippen LogP contribution >= 0.6 is 11.6 Å². The number of carbonyl (C=O) groups excluding carboxylic acids is 1. The van der Waals surface area contributed by atoms with Crippen LogP contribution in [0, 0.1) is 0 Å². The van der Waals surface area contributed by atoms with Gasteiger partial charge in [-0.25, -0.2) is 4.39 Å². The Morgan fingerprint density at radius 1 is 1.29 bits per heavy atom. The molecule has 168 valence electrons. The molecule has 3 N–H and O–H groups in total. The molecule has 0 atom stereocenters. The van der Waals surface area contributed by atoms with Crippen molar-refractivity contribution in [2.75, 3.05) is 38.6 Å². The Kier molecular flexibility index (Phi) is 6.49. The molecule has 1 aromatic heterocycles. The third-order valence-electron chi connectivity index (χ3n) is 6.68. The Hall–Kier alpha value is -1.80. The minimum absolute atomic E-state index is 0.0870. The maximum atomic E-state index is 15.4. The summed E-state index contributed by atoms with van der Waals surface area (Å²) < 4.78 is 20.8. The monoisotopic (exact) mass is 449 g/mol. The van der Waals surface area contributed by atoms with Crippen LogP contribution in [-0.4, -0.2) is 64.9 Å². The number of carbonyl (C=O) groups is 1. The van der Waals surface area contributed by atoms with E-state index in [0.29, 0.717) is 85.7 Å². The van der Waals surface area contributed by atoms with Crippen molar-refractivity contribution in [1.29, 1.82) is 0 Å². The SMILES string of the molecule is Nc1c(Cl)cc(C(=O)CCC2(F)CCN(CC3(O)CCOCC3)CC2)c2ncccc12. The largest absolute Gasteiger partial charge is 0.397 e. The number of β-amino-alcohol motifs (C(OH)–C–C–N with tert-alkyl or cyclic N) is 1. The quantitative estimate of drug-likeness (QED) is 0.515. The van der Waals surface area contributed by atoms with E-state index in [2.05, 4.69) is 9.88 Å². The minimum Gasteiger partial charge on any atom is -0.397 e. The molecule has 0 aliphatic carbocycles. The third-order valence-corrected chi connectivity index (χ3v) is 6.99. The zero-order valence-electron chi connectivity index (χ0n) is 17.6. The molecule has 8 heteroatoms. The lowest BCUT2D eigenvalue weighted by molar-refractivity contribution is -0.0876. The molecule has 0 amide bonds. The predicted molar refractivity (Wildman–Crippen MR) is 119 cm³/mol. The van der Waals surface area contributed by atoms with Crippen molar-refractivity contribution in [3.63, 3.8) is 0 Å². The van der Waals surface area contributed by atoms with Gasteiger partial charge in [0.2, 0.25) is 0 Å². The van der Waals surface area contributed by atoms with Crippen molar-refractivity contribution >= 4 is 34.0 Å². The molecule has 0 unspecified atom stereocenters. The Morgan fingerprint density at radius 2 is 2.00 bits per heavy atom. The second-order valence-corrected chi connectivity index (χ2v) is 9.31. The number of piperidine rings is 1. The number of nitrogen functional groups attached to an aromatic ring is 1. The van der Waals surface area contributed by atoms with Crippen molar-refractivity contribution in [3.8, 4) is 0 Å². The van der Waals surface area contributed by atoms with Crippen LogP contribution in [0.5, 0.6) is 0 Å². The van der Waals surface area contributed by atoms with Gasteiger partial charge in [0.1, 0.15) is 5.67 Å². The zero-order chi connectivity index (χ0) is 22.1. The van der Waals surface area contributed by atoms with E-state index >= 15 is 4.39 Å². The van der Waals surface area contributed by atoms with Crippen LogP contribution in [-0.2, 0) is 4.74 Å². The van der Waals surface area contributed by atoms with Gasteiger partial charge in [0.15, 0.2) is 5.78 Å². The fourth-order valence-corrected chi connectivity index (χ4v) is 4.82. The van der Waals surface area contributed by atoms with Gasteiger partial charge in [-0.2, -0.15) is 0 Å². The molecule has 31 heavy (non-hydrogen) atoms. The van der Waals surface area contributed by atoms with Crippen LogP contribution in [0.25, 0.3) is 10.9 Å². The van der Waals surface area contributed by atoms with Gasteiger partial charge in [-0.15, -0.1) is 0 Å². The van der Waals surface area contributed by atoms with Crippen molar-refractivity contribution in [2.45, 2.75) is 49.8 Å². The number of fused-ring (bicyclic) bond motifs is 1. The molecule has 3 heterocycles. The summed E-state index contributed by atoms with van der Waals surface area (Å²) in [4.78, 5) is 19.3. The number of anilines is 1. The molecule has 1 aromatic carbocycles. The Balaban J connectivity index is 1.36. The van der Waals surface area contributed by atoms with Crippen LogP contribution < -0.4 is 5.73 Å². The number of nitrogens with zero attached hydrogens (tertiary/aromatic N) is 2. The first-order chi connectivity index (χ1) is 14.8. The number of likely N-dealkylation sites (tertiary alicyclic amines) is 1. The van der Waals surface area contributed by atoms with Gasteiger partial charge in [-0.1, -0.05) is 11.6 Å². The number of benzene rings is 1. The molecule has 2 aromatic rings. The van der Waals surface area contributed by atoms with Crippen LogP contribution in [0.15, 0.2) is 24.4 Å². The first kappa shape index (κ1) is 22.4. The number of ether oxygens (including phenoxy) is 1. The second kappa shape index (κ2) is 8.98. The van der Waals surface area contributed by atoms with E-state index in [1.807, 2.05) is 0 Å². The lowest BCUT2D eigenvalue weighted by atomic mass is 9.86. The topological polar surface area (TPSA) is 88.7 Å². The summed E-state index contributed by atoms with van der Waals surface area (Å²) in [6.45, 7) is 2.83. The molecule has 4 rings (SSSR count). The number of aliphatic hydroxyl groups is 1. The summed E-state index contributed by atoms with van der Waals surface area (Å²) in [6, 6.07) is 5.06. The van der Waals surface area contributed by atoms with E-state index in [1.54, 1.807) is 18.3 Å². The summed E-state index contributed by atoms with van der Waals surface area (Å²) >= 11 is 6.21. The number of aromatic nitrogens is 1. The predicted octanol–water partition coefficient (Wildman–Crippen LogP) is 3.78. The molecular weight excluding hydrogens is 421 g/mol. The molecule has 6 nitrogen and oxygen atoms in total. The summed E-state index contributed by atoms with van der Waals surface area (Å²) in [5.74, 6) is -0.179. The van der Waals surface area contributed by atoms with Crippen LogP contribution in [0.3, 0.4) is 0 Å². The maximum Gasteiger partial charge on any atom is 0.165 e. The lowest BCUT2D eigenvalue weighted by Gasteiger charge is -2.41. The average molecular weight is 450 g/mol. The highest BCUT2D eigenvalue weighted by Crippen LogP contribution is 2.35. The van der Waals surface area contributed by atoms with E-state index in [9.17, 15) is 9.90 Å². The van der Waals surface area contributed by atoms with Gasteiger partial charge in [-0.3, -0.25) is 9.78 Å². The third kappa shape index (κ3) is 5.00. The van der Waals surface area contributed by atoms with E-state index in [-0.39, 0.29) is 18.6 Å². The Morgan fingerprint density at radius 3 is 2.71 bits per heavy atom. The fraction of sp³-hybridized carbons (Fsp3) is 0.565. The first-order valence-corrected chi connectivity index (χ1v) is 11.2. The number of hydrogen-bond donors (Lipinski definition) is 2. The first-order valence-electron chi connectivity index (χ1n) is 10.9. The average Bonchev–Trinajstić information content (AvgIpc) is 2.77. The molecule has 0 saturated carbocycles. The van der Waals surface area contributed by atoms with Gasteiger partial charge < -0.3 is 20.5 Å². The zero-order valence-corrected chi connectivity index (χ0v) is 18.3. The highest BCUT2D eigenvalue weighted by atomic mass is 35.5. The van der Waals surface area contributed by atoms with Crippen molar-refractivity contribution in [3.05, 3.63) is 35.0 Å².